The number of benzene rings is 2. The number of rotatable bonds is 3. The summed E-state index contributed by atoms with van der Waals surface area (Å²) in [5.41, 5.74) is 0.571. The summed E-state index contributed by atoms with van der Waals surface area (Å²) in [5.74, 6) is -1.55. The van der Waals surface area contributed by atoms with Crippen LogP contribution in [0.4, 0.5) is 18.9 Å². The second-order valence-corrected chi connectivity index (χ2v) is 4.63. The molecule has 0 radical (unpaired) electrons. The van der Waals surface area contributed by atoms with Gasteiger partial charge in [-0.2, -0.15) is 0 Å². The van der Waals surface area contributed by atoms with E-state index in [1.807, 2.05) is 0 Å². The molecule has 0 fully saturated rings. The SMILES string of the molecule is CC(Nc1cc(F)cc(Cl)c1)c1cc(F)ccc1F. The third-order valence-electron chi connectivity index (χ3n) is 2.67. The third-order valence-corrected chi connectivity index (χ3v) is 2.89. The number of nitrogens with one attached hydrogen (secondary N) is 1. The first-order valence-corrected chi connectivity index (χ1v) is 6.01. The van der Waals surface area contributed by atoms with Gasteiger partial charge in [0.2, 0.25) is 0 Å². The van der Waals surface area contributed by atoms with Gasteiger partial charge in [0, 0.05) is 16.3 Å². The minimum Gasteiger partial charge on any atom is -0.378 e. The zero-order chi connectivity index (χ0) is 14.0. The summed E-state index contributed by atoms with van der Waals surface area (Å²) in [6, 6.07) is 6.60. The van der Waals surface area contributed by atoms with Crippen molar-refractivity contribution in [1.82, 2.24) is 0 Å². The summed E-state index contributed by atoms with van der Waals surface area (Å²) in [6.07, 6.45) is 0. The van der Waals surface area contributed by atoms with E-state index in [1.54, 1.807) is 6.92 Å². The van der Waals surface area contributed by atoms with Crippen LogP contribution in [0.2, 0.25) is 5.02 Å². The average molecular weight is 286 g/mol. The van der Waals surface area contributed by atoms with E-state index in [1.165, 1.54) is 18.2 Å². The fraction of sp³-hybridized carbons (Fsp3) is 0.143. The molecule has 0 aromatic heterocycles. The van der Waals surface area contributed by atoms with E-state index in [9.17, 15) is 13.2 Å². The second-order valence-electron chi connectivity index (χ2n) is 4.19. The molecule has 0 bridgehead atoms. The van der Waals surface area contributed by atoms with Gasteiger partial charge in [-0.3, -0.25) is 0 Å². The van der Waals surface area contributed by atoms with Crippen LogP contribution in [-0.4, -0.2) is 0 Å². The minimum atomic E-state index is -0.526. The monoisotopic (exact) mass is 285 g/mol. The molecule has 0 amide bonds. The summed E-state index contributed by atoms with van der Waals surface area (Å²) in [5, 5.41) is 3.11. The average Bonchev–Trinajstić information content (AvgIpc) is 2.30. The molecule has 19 heavy (non-hydrogen) atoms. The lowest BCUT2D eigenvalue weighted by molar-refractivity contribution is 0.577. The zero-order valence-corrected chi connectivity index (χ0v) is 10.8. The van der Waals surface area contributed by atoms with Gasteiger partial charge in [-0.25, -0.2) is 13.2 Å². The molecule has 1 nitrogen and oxygen atoms in total. The molecule has 2 rings (SSSR count). The maximum atomic E-state index is 13.6. The van der Waals surface area contributed by atoms with Crippen LogP contribution in [0, 0.1) is 17.5 Å². The summed E-state index contributed by atoms with van der Waals surface area (Å²) < 4.78 is 39.8. The Labute approximate surface area is 114 Å². The molecule has 0 saturated carbocycles. The molecule has 1 unspecified atom stereocenters. The van der Waals surface area contributed by atoms with E-state index in [0.717, 1.165) is 18.2 Å². The normalized spacial score (nSPS) is 12.3. The van der Waals surface area contributed by atoms with Crippen LogP contribution in [0.25, 0.3) is 0 Å². The topological polar surface area (TPSA) is 12.0 Å². The predicted molar refractivity (Wildman–Crippen MR) is 69.8 cm³/mol. The molecule has 100 valence electrons. The van der Waals surface area contributed by atoms with Crippen molar-refractivity contribution >= 4 is 17.3 Å². The molecule has 5 heteroatoms. The highest BCUT2D eigenvalue weighted by atomic mass is 35.5. The van der Waals surface area contributed by atoms with Crippen LogP contribution < -0.4 is 5.32 Å². The first-order valence-electron chi connectivity index (χ1n) is 5.63. The second kappa shape index (κ2) is 5.53. The predicted octanol–water partition coefficient (Wildman–Crippen LogP) is 4.93. The van der Waals surface area contributed by atoms with Gasteiger partial charge < -0.3 is 5.32 Å². The smallest absolute Gasteiger partial charge is 0.128 e. The van der Waals surface area contributed by atoms with Gasteiger partial charge in [0.05, 0.1) is 6.04 Å². The fourth-order valence-corrected chi connectivity index (χ4v) is 2.03. The molecule has 0 aliphatic heterocycles. The van der Waals surface area contributed by atoms with Gasteiger partial charge in [-0.1, -0.05) is 11.6 Å². The fourth-order valence-electron chi connectivity index (χ4n) is 1.81. The Kier molecular flexibility index (Phi) is 4.00. The summed E-state index contributed by atoms with van der Waals surface area (Å²) in [7, 11) is 0. The van der Waals surface area contributed by atoms with Crippen LogP contribution in [0.15, 0.2) is 36.4 Å². The molecule has 1 N–H and O–H groups in total. The highest BCUT2D eigenvalue weighted by molar-refractivity contribution is 6.30. The largest absolute Gasteiger partial charge is 0.378 e. The van der Waals surface area contributed by atoms with E-state index >= 15 is 0 Å². The molecule has 0 spiro atoms. The van der Waals surface area contributed by atoms with Crippen LogP contribution in [0.5, 0.6) is 0 Å². The Balaban J connectivity index is 2.25. The summed E-state index contributed by atoms with van der Waals surface area (Å²) in [4.78, 5) is 0. The number of hydrogen-bond acceptors (Lipinski definition) is 1. The standard InChI is InChI=1S/C14H11ClF3N/c1-8(13-7-10(16)2-3-14(13)18)19-12-5-9(15)4-11(17)6-12/h2-8,19H,1H3. The van der Waals surface area contributed by atoms with E-state index < -0.39 is 23.5 Å². The van der Waals surface area contributed by atoms with Crippen LogP contribution in [0.3, 0.4) is 0 Å². The Morgan fingerprint density at radius 3 is 2.42 bits per heavy atom. The van der Waals surface area contributed by atoms with Crippen LogP contribution in [0.1, 0.15) is 18.5 Å². The lowest BCUT2D eigenvalue weighted by Gasteiger charge is -2.16. The van der Waals surface area contributed by atoms with Crippen molar-refractivity contribution in [3.63, 3.8) is 0 Å². The van der Waals surface area contributed by atoms with Crippen molar-refractivity contribution in [3.05, 3.63) is 64.4 Å². The number of anilines is 1. The van der Waals surface area contributed by atoms with Crippen molar-refractivity contribution in [2.24, 2.45) is 0 Å². The first kappa shape index (κ1) is 13.7. The van der Waals surface area contributed by atoms with E-state index in [4.69, 9.17) is 11.6 Å². The van der Waals surface area contributed by atoms with Crippen molar-refractivity contribution in [2.45, 2.75) is 13.0 Å². The van der Waals surface area contributed by atoms with Crippen LogP contribution in [-0.2, 0) is 0 Å². The van der Waals surface area contributed by atoms with E-state index in [2.05, 4.69) is 5.32 Å². The van der Waals surface area contributed by atoms with Crippen molar-refractivity contribution < 1.29 is 13.2 Å². The summed E-state index contributed by atoms with van der Waals surface area (Å²) in [6.45, 7) is 1.65. The van der Waals surface area contributed by atoms with Crippen molar-refractivity contribution in [3.8, 4) is 0 Å². The number of hydrogen-bond donors (Lipinski definition) is 1. The Bertz CT molecular complexity index is 581. The van der Waals surface area contributed by atoms with E-state index in [0.29, 0.717) is 5.69 Å². The van der Waals surface area contributed by atoms with Gasteiger partial charge in [-0.05, 0) is 43.3 Å². The third kappa shape index (κ3) is 3.41. The lowest BCUT2D eigenvalue weighted by Crippen LogP contribution is -2.09. The minimum absolute atomic E-state index is 0.167. The quantitative estimate of drug-likeness (QED) is 0.843. The molecular weight excluding hydrogens is 275 g/mol. The van der Waals surface area contributed by atoms with Gasteiger partial charge in [0.1, 0.15) is 17.5 Å². The molecule has 0 heterocycles. The molecule has 0 saturated heterocycles. The molecule has 1 atom stereocenters. The highest BCUT2D eigenvalue weighted by Crippen LogP contribution is 2.25. The Morgan fingerprint density at radius 2 is 1.74 bits per heavy atom. The Morgan fingerprint density at radius 1 is 1.00 bits per heavy atom. The van der Waals surface area contributed by atoms with Gasteiger partial charge >= 0.3 is 0 Å². The molecular formula is C14H11ClF3N. The van der Waals surface area contributed by atoms with E-state index in [-0.39, 0.29) is 10.6 Å². The van der Waals surface area contributed by atoms with Crippen molar-refractivity contribution in [2.75, 3.05) is 5.32 Å². The lowest BCUT2D eigenvalue weighted by atomic mass is 10.1. The molecule has 0 aliphatic carbocycles. The molecule has 2 aromatic rings. The van der Waals surface area contributed by atoms with Gasteiger partial charge in [-0.15, -0.1) is 0 Å². The summed E-state index contributed by atoms with van der Waals surface area (Å²) >= 11 is 5.72. The van der Waals surface area contributed by atoms with Crippen LogP contribution >= 0.6 is 11.6 Å². The number of halogens is 4. The maximum absolute atomic E-state index is 13.6. The van der Waals surface area contributed by atoms with Gasteiger partial charge in [0.15, 0.2) is 0 Å². The molecule has 0 aliphatic rings. The highest BCUT2D eigenvalue weighted by Gasteiger charge is 2.12. The first-order chi connectivity index (χ1) is 8.95. The van der Waals surface area contributed by atoms with Crippen molar-refractivity contribution in [1.29, 1.82) is 0 Å². The Hall–Kier alpha value is -1.68. The maximum Gasteiger partial charge on any atom is 0.128 e. The van der Waals surface area contributed by atoms with Gasteiger partial charge in [0.25, 0.3) is 0 Å². The zero-order valence-electron chi connectivity index (χ0n) is 10.1. The molecule has 2 aromatic carbocycles.